The zero-order valence-corrected chi connectivity index (χ0v) is 18.0. The van der Waals surface area contributed by atoms with Gasteiger partial charge in [0.15, 0.2) is 0 Å². The van der Waals surface area contributed by atoms with E-state index >= 15 is 0 Å². The van der Waals surface area contributed by atoms with Gasteiger partial charge in [-0.15, -0.1) is 0 Å². The fourth-order valence-electron chi connectivity index (χ4n) is 2.76. The minimum absolute atomic E-state index is 0.0186. The summed E-state index contributed by atoms with van der Waals surface area (Å²) in [6, 6.07) is 1.76. The van der Waals surface area contributed by atoms with Gasteiger partial charge in [-0.05, 0) is 30.5 Å². The lowest BCUT2D eigenvalue weighted by Crippen LogP contribution is -2.57. The number of carbonyl (C=O) groups is 6. The maximum atomic E-state index is 12.7. The summed E-state index contributed by atoms with van der Waals surface area (Å²) in [5, 5.41) is 33.4. The summed E-state index contributed by atoms with van der Waals surface area (Å²) in [4.78, 5) is 70.3. The molecule has 0 fully saturated rings. The summed E-state index contributed by atoms with van der Waals surface area (Å²) in [6.07, 6.45) is -1.51. The number of aromatic hydroxyl groups is 1. The van der Waals surface area contributed by atoms with Gasteiger partial charge < -0.3 is 42.7 Å². The summed E-state index contributed by atoms with van der Waals surface area (Å²) < 4.78 is 0. The fraction of sp³-hybridized carbons (Fsp3) is 0.400. The Labute approximate surface area is 193 Å². The number of benzene rings is 1. The van der Waals surface area contributed by atoms with Gasteiger partial charge in [0.25, 0.3) is 0 Å². The monoisotopic (exact) mass is 481 g/mol. The van der Waals surface area contributed by atoms with Crippen LogP contribution in [0.1, 0.15) is 24.8 Å². The highest BCUT2D eigenvalue weighted by Gasteiger charge is 2.29. The van der Waals surface area contributed by atoms with E-state index in [4.69, 9.17) is 21.7 Å². The van der Waals surface area contributed by atoms with E-state index in [9.17, 15) is 33.9 Å². The van der Waals surface area contributed by atoms with E-state index in [0.717, 1.165) is 0 Å². The highest BCUT2D eigenvalue weighted by atomic mass is 16.4. The number of phenols is 1. The zero-order chi connectivity index (χ0) is 25.8. The van der Waals surface area contributed by atoms with Crippen LogP contribution in [0.5, 0.6) is 5.75 Å². The second-order valence-corrected chi connectivity index (χ2v) is 7.31. The van der Waals surface area contributed by atoms with Gasteiger partial charge >= 0.3 is 11.9 Å². The second-order valence-electron chi connectivity index (χ2n) is 7.31. The van der Waals surface area contributed by atoms with Crippen molar-refractivity contribution in [2.24, 2.45) is 11.5 Å². The molecule has 34 heavy (non-hydrogen) atoms. The molecular formula is C20H27N5O9. The minimum Gasteiger partial charge on any atom is -0.508 e. The fourth-order valence-corrected chi connectivity index (χ4v) is 2.76. The number of carbonyl (C=O) groups excluding carboxylic acids is 4. The molecule has 14 nitrogen and oxygen atoms in total. The van der Waals surface area contributed by atoms with Gasteiger partial charge in [-0.3, -0.25) is 28.8 Å². The Bertz CT molecular complexity index is 920. The van der Waals surface area contributed by atoms with Gasteiger partial charge in [-0.2, -0.15) is 0 Å². The summed E-state index contributed by atoms with van der Waals surface area (Å²) in [7, 11) is 0. The third-order valence-electron chi connectivity index (χ3n) is 4.46. The number of nitrogens with two attached hydrogens (primary N) is 2. The molecule has 10 N–H and O–H groups in total. The first-order valence-corrected chi connectivity index (χ1v) is 10.0. The molecule has 0 radical (unpaired) electrons. The van der Waals surface area contributed by atoms with Crippen molar-refractivity contribution in [1.29, 1.82) is 0 Å². The van der Waals surface area contributed by atoms with E-state index in [-0.39, 0.29) is 18.6 Å². The number of rotatable bonds is 14. The average molecular weight is 481 g/mol. The molecule has 0 heterocycles. The number of aliphatic carboxylic acids is 2. The SMILES string of the molecule is NC(=O)CC(NC(=O)C(CCC(=O)O)NC(=O)C(N)Cc1ccc(O)cc1)C(=O)NCC(=O)O. The molecule has 1 aromatic rings. The van der Waals surface area contributed by atoms with Gasteiger partial charge in [0.1, 0.15) is 24.4 Å². The molecule has 3 unspecified atom stereocenters. The van der Waals surface area contributed by atoms with Crippen molar-refractivity contribution in [3.63, 3.8) is 0 Å². The van der Waals surface area contributed by atoms with Crippen LogP contribution in [0.15, 0.2) is 24.3 Å². The van der Waals surface area contributed by atoms with Crippen molar-refractivity contribution in [3.05, 3.63) is 29.8 Å². The predicted octanol–water partition coefficient (Wildman–Crippen LogP) is -2.83. The molecule has 0 aromatic heterocycles. The third kappa shape index (κ3) is 10.4. The minimum atomic E-state index is -1.56. The maximum Gasteiger partial charge on any atom is 0.322 e. The number of amides is 4. The van der Waals surface area contributed by atoms with E-state index in [1.165, 1.54) is 12.1 Å². The Morgan fingerprint density at radius 3 is 1.97 bits per heavy atom. The molecule has 14 heteroatoms. The summed E-state index contributed by atoms with van der Waals surface area (Å²) >= 11 is 0. The standard InChI is InChI=1S/C20H27N5O9/c21-12(7-10-1-3-11(26)4-2-10)18(32)24-13(5-6-16(28)29)20(34)25-14(8-15(22)27)19(33)23-9-17(30)31/h1-4,12-14,26H,5-9,21H2,(H2,22,27)(H,23,33)(H,24,32)(H,25,34)(H,28,29)(H,30,31). The van der Waals surface area contributed by atoms with Gasteiger partial charge in [-0.1, -0.05) is 12.1 Å². The molecule has 0 aliphatic rings. The molecule has 3 atom stereocenters. The van der Waals surface area contributed by atoms with Gasteiger partial charge in [0.05, 0.1) is 12.5 Å². The molecule has 0 aliphatic carbocycles. The molecular weight excluding hydrogens is 454 g/mol. The van der Waals surface area contributed by atoms with Crippen molar-refractivity contribution in [1.82, 2.24) is 16.0 Å². The van der Waals surface area contributed by atoms with Crippen LogP contribution in [0.4, 0.5) is 0 Å². The van der Waals surface area contributed by atoms with Gasteiger partial charge in [-0.25, -0.2) is 0 Å². The van der Waals surface area contributed by atoms with Crippen LogP contribution < -0.4 is 27.4 Å². The normalized spacial score (nSPS) is 13.1. The molecule has 186 valence electrons. The summed E-state index contributed by atoms with van der Waals surface area (Å²) in [6.45, 7) is -0.782. The number of carboxylic acid groups (broad SMARTS) is 2. The third-order valence-corrected chi connectivity index (χ3v) is 4.46. The van der Waals surface area contributed by atoms with Gasteiger partial charge in [0.2, 0.25) is 23.6 Å². The Kier molecular flexibility index (Phi) is 10.9. The number of carboxylic acids is 2. The first kappa shape index (κ1) is 27.8. The number of hydrogen-bond donors (Lipinski definition) is 8. The molecule has 1 aromatic carbocycles. The van der Waals surface area contributed by atoms with Crippen molar-refractivity contribution >= 4 is 35.6 Å². The van der Waals surface area contributed by atoms with Crippen LogP contribution in [0, 0.1) is 0 Å². The molecule has 1 rings (SSSR count). The Morgan fingerprint density at radius 1 is 0.853 bits per heavy atom. The summed E-state index contributed by atoms with van der Waals surface area (Å²) in [5.41, 5.74) is 11.6. The lowest BCUT2D eigenvalue weighted by molar-refractivity contribution is -0.139. The summed E-state index contributed by atoms with van der Waals surface area (Å²) in [5.74, 6) is -6.38. The topological polar surface area (TPSA) is 251 Å². The van der Waals surface area contributed by atoms with Crippen molar-refractivity contribution < 1.29 is 44.1 Å². The number of nitrogens with one attached hydrogen (secondary N) is 3. The molecule has 0 saturated heterocycles. The lowest BCUT2D eigenvalue weighted by Gasteiger charge is -2.23. The van der Waals surface area contributed by atoms with Crippen LogP contribution in [0.2, 0.25) is 0 Å². The molecule has 0 bridgehead atoms. The van der Waals surface area contributed by atoms with E-state index in [1.807, 2.05) is 5.32 Å². The van der Waals surface area contributed by atoms with Crippen LogP contribution in [-0.4, -0.2) is 75.6 Å². The van der Waals surface area contributed by atoms with E-state index in [1.54, 1.807) is 12.1 Å². The van der Waals surface area contributed by atoms with Crippen LogP contribution in [-0.2, 0) is 35.2 Å². The van der Waals surface area contributed by atoms with E-state index in [2.05, 4.69) is 10.6 Å². The van der Waals surface area contributed by atoms with Crippen LogP contribution in [0.25, 0.3) is 0 Å². The van der Waals surface area contributed by atoms with Crippen molar-refractivity contribution in [3.8, 4) is 5.75 Å². The first-order valence-electron chi connectivity index (χ1n) is 10.0. The highest BCUT2D eigenvalue weighted by molar-refractivity contribution is 5.95. The molecule has 0 aliphatic heterocycles. The van der Waals surface area contributed by atoms with Crippen molar-refractivity contribution in [2.45, 2.75) is 43.8 Å². The molecule has 0 spiro atoms. The lowest BCUT2D eigenvalue weighted by atomic mass is 10.0. The van der Waals surface area contributed by atoms with Crippen molar-refractivity contribution in [2.75, 3.05) is 6.54 Å². The first-order chi connectivity index (χ1) is 15.9. The quantitative estimate of drug-likeness (QED) is 0.135. The van der Waals surface area contributed by atoms with Gasteiger partial charge in [0, 0.05) is 6.42 Å². The van der Waals surface area contributed by atoms with Crippen LogP contribution >= 0.6 is 0 Å². The number of phenolic OH excluding ortho intramolecular Hbond substituents is 1. The Morgan fingerprint density at radius 2 is 1.44 bits per heavy atom. The largest absolute Gasteiger partial charge is 0.508 e. The predicted molar refractivity (Wildman–Crippen MR) is 115 cm³/mol. The average Bonchev–Trinajstić information content (AvgIpc) is 2.75. The van der Waals surface area contributed by atoms with Crippen LogP contribution in [0.3, 0.4) is 0 Å². The highest BCUT2D eigenvalue weighted by Crippen LogP contribution is 2.11. The maximum absolute atomic E-state index is 12.7. The van der Waals surface area contributed by atoms with E-state index in [0.29, 0.717) is 5.56 Å². The van der Waals surface area contributed by atoms with E-state index < -0.39 is 73.1 Å². The Balaban J connectivity index is 2.91. The number of primary amides is 1. The smallest absolute Gasteiger partial charge is 0.322 e. The molecule has 0 saturated carbocycles. The Hall–Kier alpha value is -4.20. The second kappa shape index (κ2) is 13.4. The number of hydrogen-bond acceptors (Lipinski definition) is 8. The zero-order valence-electron chi connectivity index (χ0n) is 18.0. The molecule has 4 amide bonds.